The Hall–Kier alpha value is -1.93. The number of piperazine rings is 4. The van der Waals surface area contributed by atoms with Gasteiger partial charge in [0.2, 0.25) is 0 Å². The van der Waals surface area contributed by atoms with E-state index in [2.05, 4.69) is 25.0 Å². The van der Waals surface area contributed by atoms with Crippen molar-refractivity contribution in [3.63, 3.8) is 0 Å². The molecule has 4 heterocycles. The van der Waals surface area contributed by atoms with Crippen LogP contribution in [0.1, 0.15) is 0 Å². The maximum absolute atomic E-state index is 14.0. The number of rotatable bonds is 3. The van der Waals surface area contributed by atoms with E-state index in [0.29, 0.717) is 24.8 Å². The maximum Gasteiger partial charge on any atom is 0.193 e. The molecule has 1 atom stereocenters. The largest absolute Gasteiger partial charge is 0.366 e. The predicted octanol–water partition coefficient (Wildman–Crippen LogP) is 0.662. The van der Waals surface area contributed by atoms with E-state index in [9.17, 15) is 8.78 Å². The smallest absolute Gasteiger partial charge is 0.193 e. The zero-order valence-corrected chi connectivity index (χ0v) is 15.9. The number of nitrogens with zero attached hydrogens (tertiary/aromatic N) is 5. The molecule has 0 saturated carbocycles. The molecule has 4 aliphatic heterocycles. The minimum atomic E-state index is -0.404. The Morgan fingerprint density at radius 2 is 1.81 bits per heavy atom. The van der Waals surface area contributed by atoms with Crippen LogP contribution in [-0.2, 0) is 0 Å². The minimum Gasteiger partial charge on any atom is -0.366 e. The number of benzene rings is 1. The molecule has 1 aromatic rings. The van der Waals surface area contributed by atoms with Gasteiger partial charge in [-0.2, -0.15) is 0 Å². The third-order valence-electron chi connectivity index (χ3n) is 5.93. The molecule has 2 bridgehead atoms. The number of nitrogens with one attached hydrogen (secondary N) is 1. The van der Waals surface area contributed by atoms with Gasteiger partial charge < -0.3 is 15.1 Å². The van der Waals surface area contributed by atoms with E-state index in [1.165, 1.54) is 25.2 Å². The second-order valence-electron chi connectivity index (χ2n) is 7.49. The summed E-state index contributed by atoms with van der Waals surface area (Å²) in [7, 11) is 1.80. The number of aliphatic imine (C=N–C) groups is 1. The number of guanidine groups is 1. The zero-order valence-electron chi connectivity index (χ0n) is 15.9. The quantitative estimate of drug-likeness (QED) is 0.618. The summed E-state index contributed by atoms with van der Waals surface area (Å²) in [5.41, 5.74) is 0.345. The van der Waals surface area contributed by atoms with Crippen LogP contribution in [0.15, 0.2) is 23.2 Å². The Morgan fingerprint density at radius 1 is 1.07 bits per heavy atom. The van der Waals surface area contributed by atoms with Gasteiger partial charge in [-0.05, 0) is 12.1 Å². The van der Waals surface area contributed by atoms with Crippen LogP contribution >= 0.6 is 0 Å². The van der Waals surface area contributed by atoms with Crippen LogP contribution in [0.5, 0.6) is 0 Å². The molecule has 27 heavy (non-hydrogen) atoms. The highest BCUT2D eigenvalue weighted by Gasteiger charge is 2.32. The number of hydrogen-bond donors (Lipinski definition) is 1. The van der Waals surface area contributed by atoms with Gasteiger partial charge in [0.15, 0.2) is 5.96 Å². The van der Waals surface area contributed by atoms with Crippen molar-refractivity contribution in [1.82, 2.24) is 20.0 Å². The van der Waals surface area contributed by atoms with E-state index >= 15 is 0 Å². The lowest BCUT2D eigenvalue weighted by Gasteiger charge is -2.48. The summed E-state index contributed by atoms with van der Waals surface area (Å²) < 4.78 is 27.5. The van der Waals surface area contributed by atoms with Gasteiger partial charge in [0.05, 0.1) is 5.69 Å². The first-order valence-corrected chi connectivity index (χ1v) is 9.76. The van der Waals surface area contributed by atoms with Crippen molar-refractivity contribution in [1.29, 1.82) is 0 Å². The van der Waals surface area contributed by atoms with Crippen LogP contribution in [0.3, 0.4) is 0 Å². The van der Waals surface area contributed by atoms with Gasteiger partial charge in [0, 0.05) is 84.6 Å². The Bertz CT molecular complexity index is 681. The van der Waals surface area contributed by atoms with Gasteiger partial charge >= 0.3 is 0 Å². The van der Waals surface area contributed by atoms with E-state index in [4.69, 9.17) is 0 Å². The highest BCUT2D eigenvalue weighted by atomic mass is 19.1. The van der Waals surface area contributed by atoms with Gasteiger partial charge in [-0.3, -0.25) is 14.8 Å². The molecule has 8 heteroatoms. The Kier molecular flexibility index (Phi) is 5.45. The molecule has 0 radical (unpaired) electrons. The topological polar surface area (TPSA) is 37.4 Å². The highest BCUT2D eigenvalue weighted by molar-refractivity contribution is 5.80. The van der Waals surface area contributed by atoms with Crippen molar-refractivity contribution in [3.05, 3.63) is 29.8 Å². The molecule has 0 amide bonds. The first-order chi connectivity index (χ1) is 13.1. The molecule has 148 valence electrons. The average molecular weight is 378 g/mol. The zero-order chi connectivity index (χ0) is 18.8. The molecular weight excluding hydrogens is 350 g/mol. The second-order valence-corrected chi connectivity index (χ2v) is 7.49. The molecule has 4 aliphatic rings. The van der Waals surface area contributed by atoms with Crippen LogP contribution in [0.2, 0.25) is 0 Å². The summed E-state index contributed by atoms with van der Waals surface area (Å²) in [6, 6.07) is 4.17. The number of anilines is 1. The van der Waals surface area contributed by atoms with Crippen molar-refractivity contribution in [3.8, 4) is 0 Å². The van der Waals surface area contributed by atoms with Gasteiger partial charge in [-0.25, -0.2) is 8.78 Å². The van der Waals surface area contributed by atoms with Crippen LogP contribution < -0.4 is 10.2 Å². The number of hydrogen-bond acceptors (Lipinski definition) is 4. The lowest BCUT2D eigenvalue weighted by Crippen LogP contribution is -2.64. The summed E-state index contributed by atoms with van der Waals surface area (Å²) in [4.78, 5) is 13.6. The molecule has 0 spiro atoms. The molecule has 0 aromatic heterocycles. The molecule has 5 rings (SSSR count). The van der Waals surface area contributed by atoms with Crippen LogP contribution in [0, 0.1) is 11.6 Å². The third-order valence-corrected chi connectivity index (χ3v) is 5.93. The third kappa shape index (κ3) is 4.01. The molecule has 1 aromatic carbocycles. The maximum atomic E-state index is 14.0. The molecule has 0 aliphatic carbocycles. The summed E-state index contributed by atoms with van der Waals surface area (Å²) in [6.07, 6.45) is 0. The normalized spacial score (nSPS) is 28.6. The molecule has 6 nitrogen and oxygen atoms in total. The van der Waals surface area contributed by atoms with Crippen molar-refractivity contribution in [2.75, 3.05) is 77.4 Å². The van der Waals surface area contributed by atoms with E-state index in [1.807, 2.05) is 4.90 Å². The fourth-order valence-corrected chi connectivity index (χ4v) is 4.35. The lowest BCUT2D eigenvalue weighted by atomic mass is 10.1. The molecular formula is C19H28F2N6. The Labute approximate surface area is 159 Å². The van der Waals surface area contributed by atoms with E-state index < -0.39 is 5.82 Å². The highest BCUT2D eigenvalue weighted by Crippen LogP contribution is 2.22. The Balaban J connectivity index is 1.30. The Morgan fingerprint density at radius 3 is 2.44 bits per heavy atom. The fraction of sp³-hybridized carbons (Fsp3) is 0.632. The monoisotopic (exact) mass is 378 g/mol. The average Bonchev–Trinajstić information content (AvgIpc) is 2.72. The summed E-state index contributed by atoms with van der Waals surface area (Å²) in [5, 5.41) is 3.52. The van der Waals surface area contributed by atoms with Crippen LogP contribution in [-0.4, -0.2) is 99.2 Å². The molecule has 1 unspecified atom stereocenters. The fourth-order valence-electron chi connectivity index (χ4n) is 4.35. The second kappa shape index (κ2) is 7.98. The van der Waals surface area contributed by atoms with Gasteiger partial charge in [0.1, 0.15) is 11.6 Å². The summed E-state index contributed by atoms with van der Waals surface area (Å²) >= 11 is 0. The number of halogens is 2. The standard InChI is InChI=1S/C19H28F2N6/c1-22-19(23-13-16-14-24-4-6-25(16)7-5-24)27-10-8-26(9-11-27)18-12-15(20)2-3-17(18)21/h2-3,12,16H,4-11,13-14H2,1H3,(H,22,23). The van der Waals surface area contributed by atoms with Crippen LogP contribution in [0.4, 0.5) is 14.5 Å². The van der Waals surface area contributed by atoms with Crippen LogP contribution in [0.25, 0.3) is 0 Å². The SMILES string of the molecule is CN=C(NCC1CN2CCN1CC2)N1CCN(c2cc(F)ccc2F)CC1. The van der Waals surface area contributed by atoms with E-state index in [1.54, 1.807) is 7.05 Å². The van der Waals surface area contributed by atoms with Crippen molar-refractivity contribution < 1.29 is 8.78 Å². The van der Waals surface area contributed by atoms with E-state index in [-0.39, 0.29) is 5.82 Å². The van der Waals surface area contributed by atoms with E-state index in [0.717, 1.165) is 51.3 Å². The van der Waals surface area contributed by atoms with Crippen molar-refractivity contribution >= 4 is 11.6 Å². The number of fused-ring (bicyclic) bond motifs is 3. The van der Waals surface area contributed by atoms with Crippen molar-refractivity contribution in [2.45, 2.75) is 6.04 Å². The first kappa shape index (κ1) is 18.4. The first-order valence-electron chi connectivity index (χ1n) is 9.76. The van der Waals surface area contributed by atoms with Crippen molar-refractivity contribution in [2.24, 2.45) is 4.99 Å². The predicted molar refractivity (Wildman–Crippen MR) is 103 cm³/mol. The summed E-state index contributed by atoms with van der Waals surface area (Å²) in [6.45, 7) is 9.44. The lowest BCUT2D eigenvalue weighted by molar-refractivity contribution is 0.0152. The van der Waals surface area contributed by atoms with Gasteiger partial charge in [0.25, 0.3) is 0 Å². The molecule has 4 saturated heterocycles. The minimum absolute atomic E-state index is 0.345. The summed E-state index contributed by atoms with van der Waals surface area (Å²) in [5.74, 6) is 0.120. The molecule has 1 N–H and O–H groups in total. The molecule has 4 fully saturated rings. The van der Waals surface area contributed by atoms with Gasteiger partial charge in [-0.1, -0.05) is 0 Å². The van der Waals surface area contributed by atoms with Gasteiger partial charge in [-0.15, -0.1) is 0 Å².